The molecule has 1 amide bonds. The second-order valence-electron chi connectivity index (χ2n) is 4.36. The molecule has 2 N–H and O–H groups in total. The van der Waals surface area contributed by atoms with Crippen molar-refractivity contribution in [2.75, 3.05) is 19.6 Å². The van der Waals surface area contributed by atoms with Gasteiger partial charge in [-0.3, -0.25) is 4.79 Å². The minimum absolute atomic E-state index is 0. The number of hydrogen-bond donors (Lipinski definition) is 2. The standard InChI is InChI=1S/C14H17FN2O.ClH/c15-13-4-2-1-3-12(13)9-14(18)17-10-11-5-7-16-8-6-11;/h1-5,16H,6-10H2,(H,17,18);1H. The third-order valence-corrected chi connectivity index (χ3v) is 2.98. The molecule has 1 heterocycles. The summed E-state index contributed by atoms with van der Waals surface area (Å²) in [6, 6.07) is 6.37. The Morgan fingerprint density at radius 3 is 2.84 bits per heavy atom. The summed E-state index contributed by atoms with van der Waals surface area (Å²) in [6.45, 7) is 2.38. The van der Waals surface area contributed by atoms with Gasteiger partial charge in [-0.15, -0.1) is 12.4 Å². The van der Waals surface area contributed by atoms with Gasteiger partial charge in [0.15, 0.2) is 0 Å². The van der Waals surface area contributed by atoms with Gasteiger partial charge in [-0.1, -0.05) is 29.8 Å². The Balaban J connectivity index is 0.00000180. The Labute approximate surface area is 118 Å². The molecule has 104 valence electrons. The van der Waals surface area contributed by atoms with Crippen LogP contribution in [0.3, 0.4) is 0 Å². The number of benzene rings is 1. The van der Waals surface area contributed by atoms with Crippen LogP contribution in [0, 0.1) is 5.82 Å². The topological polar surface area (TPSA) is 41.1 Å². The highest BCUT2D eigenvalue weighted by molar-refractivity contribution is 5.85. The van der Waals surface area contributed by atoms with Gasteiger partial charge in [0.1, 0.15) is 5.82 Å². The Kier molecular flexibility index (Phi) is 6.53. The Bertz CT molecular complexity index is 463. The van der Waals surface area contributed by atoms with Gasteiger partial charge in [0, 0.05) is 13.1 Å². The van der Waals surface area contributed by atoms with Crippen molar-refractivity contribution in [1.29, 1.82) is 0 Å². The summed E-state index contributed by atoms with van der Waals surface area (Å²) in [5.41, 5.74) is 1.67. The summed E-state index contributed by atoms with van der Waals surface area (Å²) in [7, 11) is 0. The van der Waals surface area contributed by atoms with Crippen LogP contribution in [0.2, 0.25) is 0 Å². The number of carbonyl (C=O) groups is 1. The molecule has 0 radical (unpaired) electrons. The average molecular weight is 285 g/mol. The van der Waals surface area contributed by atoms with E-state index in [4.69, 9.17) is 0 Å². The van der Waals surface area contributed by atoms with E-state index >= 15 is 0 Å². The van der Waals surface area contributed by atoms with Gasteiger partial charge >= 0.3 is 0 Å². The second-order valence-corrected chi connectivity index (χ2v) is 4.36. The summed E-state index contributed by atoms with van der Waals surface area (Å²) in [6.07, 6.45) is 3.14. The van der Waals surface area contributed by atoms with Crippen LogP contribution in [0.1, 0.15) is 12.0 Å². The van der Waals surface area contributed by atoms with Gasteiger partial charge < -0.3 is 10.6 Å². The molecule has 0 spiro atoms. The van der Waals surface area contributed by atoms with Crippen LogP contribution in [0.25, 0.3) is 0 Å². The largest absolute Gasteiger partial charge is 0.352 e. The zero-order chi connectivity index (χ0) is 12.8. The molecule has 0 fully saturated rings. The maximum atomic E-state index is 13.3. The number of hydrogen-bond acceptors (Lipinski definition) is 2. The molecule has 0 atom stereocenters. The maximum Gasteiger partial charge on any atom is 0.224 e. The lowest BCUT2D eigenvalue weighted by molar-refractivity contribution is -0.120. The minimum Gasteiger partial charge on any atom is -0.352 e. The first-order valence-corrected chi connectivity index (χ1v) is 6.14. The summed E-state index contributed by atoms with van der Waals surface area (Å²) in [5, 5.41) is 6.04. The van der Waals surface area contributed by atoms with Gasteiger partial charge in [0.05, 0.1) is 6.42 Å². The number of carbonyl (C=O) groups excluding carboxylic acids is 1. The minimum atomic E-state index is -0.325. The van der Waals surface area contributed by atoms with Crippen molar-refractivity contribution in [3.63, 3.8) is 0 Å². The number of amides is 1. The van der Waals surface area contributed by atoms with Crippen LogP contribution in [-0.2, 0) is 11.2 Å². The molecule has 0 saturated heterocycles. The van der Waals surface area contributed by atoms with E-state index < -0.39 is 0 Å². The molecule has 0 saturated carbocycles. The first-order valence-electron chi connectivity index (χ1n) is 6.14. The van der Waals surface area contributed by atoms with E-state index in [1.807, 2.05) is 0 Å². The molecule has 0 aliphatic carbocycles. The number of halogens is 2. The van der Waals surface area contributed by atoms with E-state index in [-0.39, 0.29) is 30.6 Å². The third-order valence-electron chi connectivity index (χ3n) is 2.98. The van der Waals surface area contributed by atoms with Gasteiger partial charge in [-0.05, 0) is 24.6 Å². The molecule has 19 heavy (non-hydrogen) atoms. The molecule has 2 rings (SSSR count). The molecule has 1 aliphatic heterocycles. The zero-order valence-electron chi connectivity index (χ0n) is 10.6. The van der Waals surface area contributed by atoms with Crippen molar-refractivity contribution < 1.29 is 9.18 Å². The Morgan fingerprint density at radius 1 is 1.37 bits per heavy atom. The monoisotopic (exact) mass is 284 g/mol. The Hall–Kier alpha value is -1.39. The fraction of sp³-hybridized carbons (Fsp3) is 0.357. The highest BCUT2D eigenvalue weighted by Crippen LogP contribution is 2.07. The van der Waals surface area contributed by atoms with Gasteiger partial charge in [-0.25, -0.2) is 4.39 Å². The van der Waals surface area contributed by atoms with Crippen LogP contribution in [-0.4, -0.2) is 25.5 Å². The molecular weight excluding hydrogens is 267 g/mol. The van der Waals surface area contributed by atoms with E-state index in [1.165, 1.54) is 11.6 Å². The molecule has 5 heteroatoms. The third kappa shape index (κ3) is 5.01. The summed E-state index contributed by atoms with van der Waals surface area (Å²) < 4.78 is 13.3. The lowest BCUT2D eigenvalue weighted by Gasteiger charge is -2.14. The van der Waals surface area contributed by atoms with Crippen LogP contribution in [0.15, 0.2) is 35.9 Å². The van der Waals surface area contributed by atoms with E-state index in [0.717, 1.165) is 19.5 Å². The normalized spacial score (nSPS) is 14.3. The van der Waals surface area contributed by atoms with E-state index in [9.17, 15) is 9.18 Å². The summed E-state index contributed by atoms with van der Waals surface area (Å²) in [5.74, 6) is -0.465. The first kappa shape index (κ1) is 15.7. The van der Waals surface area contributed by atoms with E-state index in [0.29, 0.717) is 12.1 Å². The lowest BCUT2D eigenvalue weighted by atomic mass is 10.1. The summed E-state index contributed by atoms with van der Waals surface area (Å²) in [4.78, 5) is 11.7. The van der Waals surface area contributed by atoms with E-state index in [1.54, 1.807) is 18.2 Å². The van der Waals surface area contributed by atoms with Crippen molar-refractivity contribution in [3.8, 4) is 0 Å². The smallest absolute Gasteiger partial charge is 0.224 e. The Morgan fingerprint density at radius 2 is 2.16 bits per heavy atom. The molecule has 1 aromatic rings. The number of rotatable bonds is 4. The fourth-order valence-electron chi connectivity index (χ4n) is 1.92. The second kappa shape index (κ2) is 7.92. The van der Waals surface area contributed by atoms with Crippen LogP contribution in [0.4, 0.5) is 4.39 Å². The van der Waals surface area contributed by atoms with E-state index in [2.05, 4.69) is 16.7 Å². The van der Waals surface area contributed by atoms with Gasteiger partial charge in [-0.2, -0.15) is 0 Å². The molecule has 1 aromatic carbocycles. The molecule has 0 bridgehead atoms. The van der Waals surface area contributed by atoms with Crippen molar-refractivity contribution in [1.82, 2.24) is 10.6 Å². The fourth-order valence-corrected chi connectivity index (χ4v) is 1.92. The van der Waals surface area contributed by atoms with Crippen molar-refractivity contribution >= 4 is 18.3 Å². The van der Waals surface area contributed by atoms with Gasteiger partial charge in [0.2, 0.25) is 5.91 Å². The maximum absolute atomic E-state index is 13.3. The van der Waals surface area contributed by atoms with Crippen LogP contribution < -0.4 is 10.6 Å². The SMILES string of the molecule is Cl.O=C(Cc1ccccc1F)NCC1=CCNCC1. The molecule has 3 nitrogen and oxygen atoms in total. The predicted octanol–water partition coefficient (Wildman–Crippen LogP) is 1.83. The molecule has 0 unspecified atom stereocenters. The molecule has 1 aliphatic rings. The highest BCUT2D eigenvalue weighted by Gasteiger charge is 2.08. The molecular formula is C14H18ClFN2O. The van der Waals surface area contributed by atoms with Crippen molar-refractivity contribution in [2.24, 2.45) is 0 Å². The van der Waals surface area contributed by atoms with Gasteiger partial charge in [0.25, 0.3) is 0 Å². The first-order chi connectivity index (χ1) is 8.75. The predicted molar refractivity (Wildman–Crippen MR) is 75.9 cm³/mol. The lowest BCUT2D eigenvalue weighted by Crippen LogP contribution is -2.30. The van der Waals surface area contributed by atoms with Crippen LogP contribution >= 0.6 is 12.4 Å². The summed E-state index contributed by atoms with van der Waals surface area (Å²) >= 11 is 0. The zero-order valence-corrected chi connectivity index (χ0v) is 11.4. The highest BCUT2D eigenvalue weighted by atomic mass is 35.5. The van der Waals surface area contributed by atoms with Crippen LogP contribution in [0.5, 0.6) is 0 Å². The quantitative estimate of drug-likeness (QED) is 0.828. The molecule has 0 aromatic heterocycles. The average Bonchev–Trinajstić information content (AvgIpc) is 2.40. The van der Waals surface area contributed by atoms with Crippen molar-refractivity contribution in [3.05, 3.63) is 47.3 Å². The number of nitrogens with one attached hydrogen (secondary N) is 2. The van der Waals surface area contributed by atoms with Crippen molar-refractivity contribution in [2.45, 2.75) is 12.8 Å².